The number of anilines is 1. The lowest BCUT2D eigenvalue weighted by atomic mass is 10.0. The van der Waals surface area contributed by atoms with Crippen LogP contribution < -0.4 is 16.0 Å². The monoisotopic (exact) mass is 557 g/mol. The molecule has 0 saturated carbocycles. The van der Waals surface area contributed by atoms with Crippen LogP contribution in [-0.4, -0.2) is 65.0 Å². The van der Waals surface area contributed by atoms with E-state index >= 15 is 0 Å². The summed E-state index contributed by atoms with van der Waals surface area (Å²) in [5.41, 5.74) is 8.62. The third-order valence-electron chi connectivity index (χ3n) is 5.33. The molecule has 0 fully saturated rings. The average molecular weight is 559 g/mol. The number of imidazole rings is 1. The van der Waals surface area contributed by atoms with E-state index in [2.05, 4.69) is 10.2 Å². The molecule has 12 heteroatoms. The number of carbonyl (C=O) groups excluding carboxylic acids is 2. The van der Waals surface area contributed by atoms with E-state index in [0.717, 1.165) is 16.7 Å². The van der Waals surface area contributed by atoms with Crippen molar-refractivity contribution in [2.24, 2.45) is 18.7 Å². The van der Waals surface area contributed by atoms with Gasteiger partial charge < -0.3 is 25.3 Å². The highest BCUT2D eigenvalue weighted by molar-refractivity contribution is 6.18. The number of ether oxygens (including phenoxy) is 1. The van der Waals surface area contributed by atoms with Crippen LogP contribution in [0.1, 0.15) is 26.6 Å². The highest BCUT2D eigenvalue weighted by atomic mass is 35.5. The van der Waals surface area contributed by atoms with Crippen LogP contribution in [-0.2, 0) is 27.8 Å². The topological polar surface area (TPSA) is 102 Å². The molecule has 1 heterocycles. The summed E-state index contributed by atoms with van der Waals surface area (Å²) in [5.74, 6) is 0.659. The molecule has 2 atom stereocenters. The van der Waals surface area contributed by atoms with Crippen LogP contribution in [0.15, 0.2) is 18.2 Å². The normalized spacial score (nSPS) is 12.5. The van der Waals surface area contributed by atoms with Crippen molar-refractivity contribution < 1.29 is 14.3 Å². The molecule has 2 aromatic rings. The maximum Gasteiger partial charge on any atom is 0.329 e. The summed E-state index contributed by atoms with van der Waals surface area (Å²) in [6.45, 7) is 6.99. The fourth-order valence-electron chi connectivity index (χ4n) is 3.38. The largest absolute Gasteiger partial charge is 0.464 e. The third-order valence-corrected chi connectivity index (χ3v) is 5.66. The van der Waals surface area contributed by atoms with E-state index in [1.807, 2.05) is 43.7 Å². The summed E-state index contributed by atoms with van der Waals surface area (Å²) in [6, 6.07) is 4.35. The average Bonchev–Trinajstić information content (AvgIpc) is 3.07. The lowest BCUT2D eigenvalue weighted by Crippen LogP contribution is -2.51. The van der Waals surface area contributed by atoms with Crippen molar-refractivity contribution in [3.63, 3.8) is 0 Å². The van der Waals surface area contributed by atoms with Gasteiger partial charge in [0, 0.05) is 44.0 Å². The van der Waals surface area contributed by atoms with E-state index in [1.165, 1.54) is 0 Å². The van der Waals surface area contributed by atoms with E-state index in [0.29, 0.717) is 30.7 Å². The van der Waals surface area contributed by atoms with Gasteiger partial charge in [-0.1, -0.05) is 13.8 Å². The van der Waals surface area contributed by atoms with E-state index in [1.54, 1.807) is 6.92 Å². The number of benzene rings is 1. The first-order chi connectivity index (χ1) is 15.2. The smallest absolute Gasteiger partial charge is 0.329 e. The van der Waals surface area contributed by atoms with Crippen LogP contribution in [0.5, 0.6) is 0 Å². The Balaban J connectivity index is 0.00000544. The first kappa shape index (κ1) is 32.5. The first-order valence-corrected chi connectivity index (χ1v) is 11.8. The molecular weight excluding hydrogens is 524 g/mol. The number of nitrogens with zero attached hydrogens (tertiary/aromatic N) is 3. The Kier molecular flexibility index (Phi) is 14.9. The van der Waals surface area contributed by atoms with E-state index in [-0.39, 0.29) is 43.8 Å². The molecule has 3 N–H and O–H groups in total. The zero-order valence-electron chi connectivity index (χ0n) is 19.9. The highest BCUT2D eigenvalue weighted by Gasteiger charge is 2.28. The molecule has 0 aliphatic rings. The van der Waals surface area contributed by atoms with Gasteiger partial charge in [-0.05, 0) is 31.0 Å². The number of rotatable bonds is 12. The van der Waals surface area contributed by atoms with Crippen LogP contribution in [0.4, 0.5) is 5.69 Å². The summed E-state index contributed by atoms with van der Waals surface area (Å²) in [5, 5.41) is 2.74. The quantitative estimate of drug-likeness (QED) is 0.306. The van der Waals surface area contributed by atoms with Crippen LogP contribution in [0.3, 0.4) is 0 Å². The maximum absolute atomic E-state index is 12.5. The minimum absolute atomic E-state index is 0. The third kappa shape index (κ3) is 8.34. The van der Waals surface area contributed by atoms with Gasteiger partial charge in [-0.15, -0.1) is 48.0 Å². The van der Waals surface area contributed by atoms with Crippen molar-refractivity contribution in [2.75, 3.05) is 36.4 Å². The van der Waals surface area contributed by atoms with Crippen molar-refractivity contribution in [1.29, 1.82) is 0 Å². The molecule has 1 aromatic heterocycles. The van der Waals surface area contributed by atoms with Crippen molar-refractivity contribution in [2.45, 2.75) is 39.3 Å². The summed E-state index contributed by atoms with van der Waals surface area (Å²) in [4.78, 5) is 31.9. The van der Waals surface area contributed by atoms with Crippen molar-refractivity contribution in [3.8, 4) is 0 Å². The number of hydrogen-bond donors (Lipinski definition) is 2. The van der Waals surface area contributed by atoms with Crippen LogP contribution in [0.25, 0.3) is 11.0 Å². The van der Waals surface area contributed by atoms with Gasteiger partial charge in [-0.3, -0.25) is 4.79 Å². The molecule has 194 valence electrons. The van der Waals surface area contributed by atoms with Gasteiger partial charge in [-0.25, -0.2) is 9.78 Å². The van der Waals surface area contributed by atoms with Gasteiger partial charge in [0.05, 0.1) is 23.7 Å². The molecular formula is C22H35Cl4N5O3. The zero-order valence-corrected chi connectivity index (χ0v) is 23.1. The Morgan fingerprint density at radius 3 is 2.35 bits per heavy atom. The number of fused-ring (bicyclic) bond motifs is 1. The molecule has 2 rings (SSSR count). The number of carbonyl (C=O) groups is 2. The van der Waals surface area contributed by atoms with Gasteiger partial charge in [-0.2, -0.15) is 0 Å². The molecule has 1 amide bonds. The molecule has 0 aliphatic heterocycles. The second-order valence-electron chi connectivity index (χ2n) is 7.91. The Hall–Kier alpha value is -1.45. The second-order valence-corrected chi connectivity index (χ2v) is 8.67. The van der Waals surface area contributed by atoms with Crippen LogP contribution >= 0.6 is 48.0 Å². The molecule has 0 bridgehead atoms. The minimum Gasteiger partial charge on any atom is -0.464 e. The predicted octanol–water partition coefficient (Wildman–Crippen LogP) is 3.27. The molecule has 0 unspecified atom stereocenters. The molecule has 0 saturated heterocycles. The Labute approximate surface area is 223 Å². The van der Waals surface area contributed by atoms with Gasteiger partial charge >= 0.3 is 5.97 Å². The standard InChI is InChI=1S/C22H33Cl2N5O3.2ClH/c1-5-32-22(31)17(27-21(30)20(25)14(2)3)13-19-26-16-12-15(6-7-18(16)28(19)4)29(10-8-23)11-9-24;;/h6-7,12,14,17,20H,5,8-11,13,25H2,1-4H3,(H,27,30);2*1H/t17-,20-;;/m0../s1. The first-order valence-electron chi connectivity index (χ1n) is 10.8. The lowest BCUT2D eigenvalue weighted by molar-refractivity contribution is -0.147. The van der Waals surface area contributed by atoms with Crippen molar-refractivity contribution >= 4 is 76.6 Å². The van der Waals surface area contributed by atoms with Gasteiger partial charge in [0.15, 0.2) is 0 Å². The number of aryl methyl sites for hydroxylation is 1. The predicted molar refractivity (Wildman–Crippen MR) is 144 cm³/mol. The number of amides is 1. The number of halogens is 4. The van der Waals surface area contributed by atoms with Crippen molar-refractivity contribution in [1.82, 2.24) is 14.9 Å². The Bertz CT molecular complexity index is 919. The molecule has 0 radical (unpaired) electrons. The van der Waals surface area contributed by atoms with E-state index in [9.17, 15) is 9.59 Å². The number of nitrogens with one attached hydrogen (secondary N) is 1. The molecule has 8 nitrogen and oxygen atoms in total. The molecule has 0 aliphatic carbocycles. The fraction of sp³-hybridized carbons (Fsp3) is 0.591. The van der Waals surface area contributed by atoms with Gasteiger partial charge in [0.25, 0.3) is 0 Å². The summed E-state index contributed by atoms with van der Waals surface area (Å²) >= 11 is 11.9. The molecule has 34 heavy (non-hydrogen) atoms. The van der Waals surface area contributed by atoms with E-state index in [4.69, 9.17) is 38.7 Å². The fourth-order valence-corrected chi connectivity index (χ4v) is 3.79. The number of hydrogen-bond acceptors (Lipinski definition) is 6. The number of aromatic nitrogens is 2. The van der Waals surface area contributed by atoms with E-state index < -0.39 is 24.0 Å². The van der Waals surface area contributed by atoms with Gasteiger partial charge in [0.1, 0.15) is 11.9 Å². The number of nitrogens with two attached hydrogens (primary N) is 1. The van der Waals surface area contributed by atoms with Crippen molar-refractivity contribution in [3.05, 3.63) is 24.0 Å². The summed E-state index contributed by atoms with van der Waals surface area (Å²) in [7, 11) is 1.88. The van der Waals surface area contributed by atoms with Crippen LogP contribution in [0.2, 0.25) is 0 Å². The van der Waals surface area contributed by atoms with Crippen LogP contribution in [0, 0.1) is 5.92 Å². The Morgan fingerprint density at radius 2 is 1.82 bits per heavy atom. The van der Waals surface area contributed by atoms with Gasteiger partial charge in [0.2, 0.25) is 5.91 Å². The Morgan fingerprint density at radius 1 is 1.21 bits per heavy atom. The minimum atomic E-state index is -0.883. The summed E-state index contributed by atoms with van der Waals surface area (Å²) in [6.07, 6.45) is 0.184. The number of esters is 1. The highest BCUT2D eigenvalue weighted by Crippen LogP contribution is 2.23. The summed E-state index contributed by atoms with van der Waals surface area (Å²) < 4.78 is 7.08. The SMILES string of the molecule is CCOC(=O)[C@H](Cc1nc2cc(N(CCCl)CCCl)ccc2n1C)NC(=O)[C@@H](N)C(C)C.Cl.Cl. The maximum atomic E-state index is 12.5. The second kappa shape index (κ2) is 15.5. The number of alkyl halides is 2. The molecule has 1 aromatic carbocycles. The molecule has 0 spiro atoms. The lowest BCUT2D eigenvalue weighted by Gasteiger charge is -2.22. The zero-order chi connectivity index (χ0) is 23.8.